The highest BCUT2D eigenvalue weighted by Crippen LogP contribution is 2.59. The van der Waals surface area contributed by atoms with Crippen molar-refractivity contribution in [2.24, 2.45) is 11.8 Å². The summed E-state index contributed by atoms with van der Waals surface area (Å²) in [5, 5.41) is 0. The second-order valence-electron chi connectivity index (χ2n) is 10.4. The van der Waals surface area contributed by atoms with E-state index in [2.05, 4.69) is 22.6 Å². The first kappa shape index (κ1) is 27.8. The van der Waals surface area contributed by atoms with Crippen molar-refractivity contribution in [1.29, 1.82) is 0 Å². The molecule has 0 saturated heterocycles. The van der Waals surface area contributed by atoms with Crippen LogP contribution in [0.5, 0.6) is 0 Å². The van der Waals surface area contributed by atoms with Gasteiger partial charge in [-0.3, -0.25) is 9.69 Å². The van der Waals surface area contributed by atoms with E-state index in [4.69, 9.17) is 9.47 Å². The van der Waals surface area contributed by atoms with E-state index in [0.29, 0.717) is 17.7 Å². The Bertz CT molecular complexity index is 1310. The predicted molar refractivity (Wildman–Crippen MR) is 145 cm³/mol. The van der Waals surface area contributed by atoms with Gasteiger partial charge >= 0.3 is 12.1 Å². The van der Waals surface area contributed by atoms with Gasteiger partial charge < -0.3 is 9.47 Å². The maximum absolute atomic E-state index is 14.5. The average Bonchev–Trinajstić information content (AvgIpc) is 3.13. The smallest absolute Gasteiger partial charge is 0.414 e. The van der Waals surface area contributed by atoms with Crippen LogP contribution in [0.25, 0.3) is 0 Å². The zero-order valence-electron chi connectivity index (χ0n) is 21.3. The molecule has 1 amide bonds. The largest absolute Gasteiger partial charge is 0.466 e. The highest BCUT2D eigenvalue weighted by atomic mass is 127. The fraction of sp³-hybridized carbons (Fsp3) is 0.481. The molecule has 200 valence electrons. The van der Waals surface area contributed by atoms with Crippen LogP contribution < -0.4 is 4.90 Å². The van der Waals surface area contributed by atoms with E-state index >= 15 is 0 Å². The van der Waals surface area contributed by atoms with Gasteiger partial charge in [0.2, 0.25) is 0 Å². The lowest BCUT2D eigenvalue weighted by atomic mass is 9.82. The van der Waals surface area contributed by atoms with Crippen molar-refractivity contribution in [1.82, 2.24) is 0 Å². The lowest BCUT2D eigenvalue weighted by Crippen LogP contribution is -2.42. The van der Waals surface area contributed by atoms with Crippen LogP contribution in [0.1, 0.15) is 52.5 Å². The number of hydrogen-bond acceptors (Lipinski definition) is 6. The number of nitrogens with zero attached hydrogens (tertiary/aromatic N) is 1. The molecule has 1 heterocycles. The number of benzene rings is 2. The summed E-state index contributed by atoms with van der Waals surface area (Å²) < 4.78 is 53.1. The maximum Gasteiger partial charge on any atom is 0.414 e. The molecule has 0 bridgehead atoms. The third-order valence-corrected chi connectivity index (χ3v) is 10.3. The Balaban J connectivity index is 1.97. The van der Waals surface area contributed by atoms with Crippen LogP contribution in [-0.4, -0.2) is 39.2 Å². The van der Waals surface area contributed by atoms with Crippen LogP contribution in [0, 0.1) is 21.2 Å². The summed E-state index contributed by atoms with van der Waals surface area (Å²) in [4.78, 5) is 27.9. The number of ether oxygens (including phenoxy) is 2. The van der Waals surface area contributed by atoms with Gasteiger partial charge in [0, 0.05) is 10.1 Å². The monoisotopic (exact) mass is 643 g/mol. The molecule has 4 rings (SSSR count). The van der Waals surface area contributed by atoms with E-state index in [0.717, 1.165) is 15.7 Å². The molecule has 2 aromatic rings. The number of fused-ring (bicyclic) bond motifs is 3. The highest BCUT2D eigenvalue weighted by Gasteiger charge is 2.62. The van der Waals surface area contributed by atoms with Crippen LogP contribution in [-0.2, 0) is 28.9 Å². The zero-order chi connectivity index (χ0) is 27.2. The number of rotatable bonds is 4. The number of halogens is 2. The second kappa shape index (κ2) is 10.2. The van der Waals surface area contributed by atoms with Gasteiger partial charge in [0.1, 0.15) is 16.2 Å². The van der Waals surface area contributed by atoms with Gasteiger partial charge in [-0.05, 0) is 117 Å². The molecular weight excluding hydrogens is 612 g/mol. The third-order valence-electron chi connectivity index (χ3n) is 7.09. The second-order valence-corrected chi connectivity index (χ2v) is 13.9. The van der Waals surface area contributed by atoms with Gasteiger partial charge in [0.25, 0.3) is 0 Å². The first-order valence-electron chi connectivity index (χ1n) is 12.3. The number of sulfone groups is 1. The Morgan fingerprint density at radius 1 is 1.14 bits per heavy atom. The van der Waals surface area contributed by atoms with E-state index in [9.17, 15) is 22.4 Å². The molecule has 3 atom stereocenters. The quantitative estimate of drug-likeness (QED) is 0.237. The van der Waals surface area contributed by atoms with Crippen molar-refractivity contribution < 1.29 is 31.9 Å². The topological polar surface area (TPSA) is 90.0 Å². The molecule has 1 aliphatic carbocycles. The molecule has 2 aromatic carbocycles. The lowest BCUT2D eigenvalue weighted by molar-refractivity contribution is -0.149. The minimum atomic E-state index is -4.15. The standard InChI is InChI=1S/C27H31FINO6S/c1-5-35-24(31)20-12-14-27(37(33,34)19-9-6-17(28)7-10-19)21(20)13-15-30(25(32)36-26(2,3)4)23-16-18(29)8-11-22(23)27/h6-11,16,20-21H,5,12-15H2,1-4H3/t20-,21+,27+/m1/s1. The first-order chi connectivity index (χ1) is 17.3. The minimum absolute atomic E-state index is 0.0290. The fourth-order valence-corrected chi connectivity index (χ4v) is 8.58. The molecule has 37 heavy (non-hydrogen) atoms. The summed E-state index contributed by atoms with van der Waals surface area (Å²) >= 11 is 2.12. The summed E-state index contributed by atoms with van der Waals surface area (Å²) in [6, 6.07) is 10.1. The normalized spacial score (nSPS) is 23.6. The van der Waals surface area contributed by atoms with Gasteiger partial charge in [-0.15, -0.1) is 0 Å². The summed E-state index contributed by atoms with van der Waals surface area (Å²) in [6.07, 6.45) is 0.144. The van der Waals surface area contributed by atoms with E-state index in [1.165, 1.54) is 17.0 Å². The number of anilines is 1. The van der Waals surface area contributed by atoms with Crippen molar-refractivity contribution in [3.8, 4) is 0 Å². The van der Waals surface area contributed by atoms with E-state index < -0.39 is 49.9 Å². The molecule has 1 aliphatic heterocycles. The summed E-state index contributed by atoms with van der Waals surface area (Å²) in [6.45, 7) is 7.37. The first-order valence-corrected chi connectivity index (χ1v) is 14.9. The highest BCUT2D eigenvalue weighted by molar-refractivity contribution is 14.1. The number of carbonyl (C=O) groups is 2. The van der Waals surface area contributed by atoms with Gasteiger partial charge in [-0.1, -0.05) is 6.07 Å². The van der Waals surface area contributed by atoms with E-state index in [-0.39, 0.29) is 30.9 Å². The van der Waals surface area contributed by atoms with E-state index in [1.54, 1.807) is 45.9 Å². The Morgan fingerprint density at radius 2 is 1.81 bits per heavy atom. The SMILES string of the molecule is CCOC(=O)[C@@H]1CC[C@@]2(S(=O)(=O)c3ccc(F)cc3)c3ccc(I)cc3N(C(=O)OC(C)(C)C)CC[C@@H]12. The van der Waals surface area contributed by atoms with Crippen LogP contribution in [0.4, 0.5) is 14.9 Å². The molecule has 0 radical (unpaired) electrons. The number of hydrogen-bond donors (Lipinski definition) is 0. The Labute approximate surface area is 230 Å². The molecule has 0 aromatic heterocycles. The number of amides is 1. The van der Waals surface area contributed by atoms with Crippen molar-refractivity contribution in [3.05, 3.63) is 57.4 Å². The molecule has 7 nitrogen and oxygen atoms in total. The molecule has 0 N–H and O–H groups in total. The van der Waals surface area contributed by atoms with Crippen molar-refractivity contribution >= 4 is 50.2 Å². The van der Waals surface area contributed by atoms with Crippen LogP contribution in [0.3, 0.4) is 0 Å². The fourth-order valence-electron chi connectivity index (χ4n) is 5.67. The molecule has 10 heteroatoms. The van der Waals surface area contributed by atoms with Gasteiger partial charge in [-0.25, -0.2) is 17.6 Å². The Hall–Kier alpha value is -2.21. The molecule has 0 spiro atoms. The zero-order valence-corrected chi connectivity index (χ0v) is 24.3. The number of carbonyl (C=O) groups excluding carboxylic acids is 2. The van der Waals surface area contributed by atoms with Gasteiger partial charge in [0.05, 0.1) is 23.1 Å². The Kier molecular flexibility index (Phi) is 7.64. The third kappa shape index (κ3) is 4.98. The summed E-state index contributed by atoms with van der Waals surface area (Å²) in [7, 11) is -4.15. The Morgan fingerprint density at radius 3 is 2.43 bits per heavy atom. The average molecular weight is 644 g/mol. The van der Waals surface area contributed by atoms with E-state index in [1.807, 2.05) is 0 Å². The maximum atomic E-state index is 14.5. The lowest BCUT2D eigenvalue weighted by Gasteiger charge is -2.36. The summed E-state index contributed by atoms with van der Waals surface area (Å²) in [5.74, 6) is -2.31. The molecular formula is C27H31FINO6S. The van der Waals surface area contributed by atoms with Crippen LogP contribution in [0.15, 0.2) is 47.4 Å². The summed E-state index contributed by atoms with van der Waals surface area (Å²) in [5.41, 5.74) is 0.128. The molecule has 0 unspecified atom stereocenters. The van der Waals surface area contributed by atoms with Crippen LogP contribution in [0.2, 0.25) is 0 Å². The van der Waals surface area contributed by atoms with Crippen molar-refractivity contribution in [2.75, 3.05) is 18.1 Å². The molecule has 1 saturated carbocycles. The predicted octanol–water partition coefficient (Wildman–Crippen LogP) is 5.83. The molecule has 1 fully saturated rings. The van der Waals surface area contributed by atoms with Crippen LogP contribution >= 0.6 is 22.6 Å². The van der Waals surface area contributed by atoms with Crippen molar-refractivity contribution in [3.63, 3.8) is 0 Å². The van der Waals surface area contributed by atoms with Gasteiger partial charge in [0.15, 0.2) is 9.84 Å². The van der Waals surface area contributed by atoms with Gasteiger partial charge in [-0.2, -0.15) is 0 Å². The number of esters is 1. The van der Waals surface area contributed by atoms with Crippen molar-refractivity contribution in [2.45, 2.75) is 62.2 Å². The minimum Gasteiger partial charge on any atom is -0.466 e. The molecule has 2 aliphatic rings.